The molecule has 8 heteroatoms. The van der Waals surface area contributed by atoms with Gasteiger partial charge >= 0.3 is 5.63 Å². The fraction of sp³-hybridized carbons (Fsp3) is 0.0741. The van der Waals surface area contributed by atoms with Crippen molar-refractivity contribution < 1.29 is 9.21 Å². The number of anilines is 1. The van der Waals surface area contributed by atoms with Crippen LogP contribution in [0.5, 0.6) is 0 Å². The molecule has 3 aromatic carbocycles. The molecule has 2 heterocycles. The van der Waals surface area contributed by atoms with Gasteiger partial charge in [0.05, 0.1) is 17.0 Å². The molecular formula is C27H20IN3O3S. The van der Waals surface area contributed by atoms with Gasteiger partial charge in [0.15, 0.2) is 5.16 Å². The van der Waals surface area contributed by atoms with Crippen molar-refractivity contribution in [2.24, 2.45) is 0 Å². The van der Waals surface area contributed by atoms with E-state index in [2.05, 4.69) is 27.9 Å². The third-order valence-corrected chi connectivity index (χ3v) is 7.12. The van der Waals surface area contributed by atoms with E-state index in [1.54, 1.807) is 12.1 Å². The van der Waals surface area contributed by atoms with Crippen molar-refractivity contribution in [3.8, 4) is 16.9 Å². The van der Waals surface area contributed by atoms with Gasteiger partial charge in [0, 0.05) is 26.5 Å². The number of thioether (sulfide) groups is 1. The number of amides is 1. The average molecular weight is 593 g/mol. The number of nitrogens with one attached hydrogen (secondary N) is 1. The Kier molecular flexibility index (Phi) is 6.74. The minimum Gasteiger partial charge on any atom is -0.422 e. The summed E-state index contributed by atoms with van der Waals surface area (Å²) in [6.45, 7) is 1.95. The molecule has 0 spiro atoms. The summed E-state index contributed by atoms with van der Waals surface area (Å²) in [7, 11) is 0. The van der Waals surface area contributed by atoms with E-state index < -0.39 is 5.63 Å². The number of hydrogen-bond donors (Lipinski definition) is 1. The number of nitrogens with zero attached hydrogens (tertiary/aromatic N) is 2. The average Bonchev–Trinajstić information content (AvgIpc) is 3.28. The van der Waals surface area contributed by atoms with Gasteiger partial charge in [-0.2, -0.15) is 0 Å². The summed E-state index contributed by atoms with van der Waals surface area (Å²) in [4.78, 5) is 30.1. The van der Waals surface area contributed by atoms with Gasteiger partial charge < -0.3 is 9.73 Å². The van der Waals surface area contributed by atoms with Crippen LogP contribution in [-0.4, -0.2) is 21.2 Å². The standard InChI is InChI=1S/C27H20IN3O3S/c1-17-6-2-4-8-22(17)29-25(32)16-35-27-30-23(15-31(27)20-12-10-19(28)11-13-20)21-14-18-7-3-5-9-24(18)34-26(21)33/h2-15H,16H2,1H3,(H,29,32). The molecule has 0 radical (unpaired) electrons. The molecule has 0 fully saturated rings. The number of rotatable bonds is 6. The quantitative estimate of drug-likeness (QED) is 0.142. The summed E-state index contributed by atoms with van der Waals surface area (Å²) in [6, 6.07) is 24.8. The summed E-state index contributed by atoms with van der Waals surface area (Å²) >= 11 is 3.56. The minimum absolute atomic E-state index is 0.131. The van der Waals surface area contributed by atoms with Crippen molar-refractivity contribution in [2.75, 3.05) is 11.1 Å². The maximum atomic E-state index is 12.7. The molecule has 1 amide bonds. The lowest BCUT2D eigenvalue weighted by Crippen LogP contribution is -2.15. The maximum Gasteiger partial charge on any atom is 0.345 e. The Bertz CT molecular complexity index is 1590. The lowest BCUT2D eigenvalue weighted by atomic mass is 10.1. The van der Waals surface area contributed by atoms with Crippen molar-refractivity contribution in [3.63, 3.8) is 0 Å². The first-order valence-corrected chi connectivity index (χ1v) is 12.9. The third-order valence-electron chi connectivity index (χ3n) is 5.45. The summed E-state index contributed by atoms with van der Waals surface area (Å²) in [5.41, 5.74) is 3.61. The first kappa shape index (κ1) is 23.4. The predicted octanol–water partition coefficient (Wildman–Crippen LogP) is 6.29. The van der Waals surface area contributed by atoms with E-state index in [-0.39, 0.29) is 11.7 Å². The summed E-state index contributed by atoms with van der Waals surface area (Å²) in [5.74, 6) is 0.0369. The van der Waals surface area contributed by atoms with Crippen molar-refractivity contribution in [3.05, 3.63) is 105 Å². The number of aryl methyl sites for hydroxylation is 1. The summed E-state index contributed by atoms with van der Waals surface area (Å²) in [5, 5.41) is 4.37. The first-order valence-electron chi connectivity index (χ1n) is 10.8. The van der Waals surface area contributed by atoms with Crippen molar-refractivity contribution in [2.45, 2.75) is 12.1 Å². The zero-order chi connectivity index (χ0) is 24.4. The highest BCUT2D eigenvalue weighted by Crippen LogP contribution is 2.28. The van der Waals surface area contributed by atoms with Crippen LogP contribution in [0, 0.1) is 10.5 Å². The van der Waals surface area contributed by atoms with Gasteiger partial charge in [-0.05, 0) is 77.5 Å². The fourth-order valence-electron chi connectivity index (χ4n) is 3.65. The molecule has 2 aromatic heterocycles. The van der Waals surface area contributed by atoms with Gasteiger partial charge in [-0.25, -0.2) is 9.78 Å². The van der Waals surface area contributed by atoms with Crippen molar-refractivity contribution in [1.82, 2.24) is 9.55 Å². The Labute approximate surface area is 219 Å². The summed E-state index contributed by atoms with van der Waals surface area (Å²) in [6.07, 6.45) is 1.81. The highest BCUT2D eigenvalue weighted by Gasteiger charge is 2.17. The van der Waals surface area contributed by atoms with Crippen LogP contribution in [-0.2, 0) is 4.79 Å². The number of aromatic nitrogens is 2. The van der Waals surface area contributed by atoms with E-state index in [9.17, 15) is 9.59 Å². The van der Waals surface area contributed by atoms with E-state index in [0.717, 1.165) is 25.9 Å². The van der Waals surface area contributed by atoms with E-state index >= 15 is 0 Å². The van der Waals surface area contributed by atoms with Crippen LogP contribution in [0.15, 0.2) is 99.4 Å². The van der Waals surface area contributed by atoms with Gasteiger partial charge in [-0.3, -0.25) is 9.36 Å². The predicted molar refractivity (Wildman–Crippen MR) is 148 cm³/mol. The molecule has 0 aliphatic rings. The molecule has 5 rings (SSSR count). The molecule has 0 aliphatic heterocycles. The second kappa shape index (κ2) is 10.1. The molecule has 6 nitrogen and oxygen atoms in total. The second-order valence-corrected chi connectivity index (χ2v) is 10.1. The highest BCUT2D eigenvalue weighted by molar-refractivity contribution is 14.1. The Hall–Kier alpha value is -3.37. The number of carbonyl (C=O) groups excluding carboxylic acids is 1. The number of hydrogen-bond acceptors (Lipinski definition) is 5. The molecule has 5 aromatic rings. The lowest BCUT2D eigenvalue weighted by Gasteiger charge is -2.09. The largest absolute Gasteiger partial charge is 0.422 e. The van der Waals surface area contributed by atoms with Crippen LogP contribution in [0.3, 0.4) is 0 Å². The van der Waals surface area contributed by atoms with Crippen LogP contribution < -0.4 is 10.9 Å². The van der Waals surface area contributed by atoms with Gasteiger partial charge in [0.2, 0.25) is 5.91 Å². The van der Waals surface area contributed by atoms with Crippen molar-refractivity contribution >= 4 is 56.9 Å². The topological polar surface area (TPSA) is 77.1 Å². The Balaban J connectivity index is 1.48. The normalized spacial score (nSPS) is 11.0. The van der Waals surface area contributed by atoms with Crippen molar-refractivity contribution in [1.29, 1.82) is 0 Å². The number of para-hydroxylation sites is 2. The molecule has 0 aliphatic carbocycles. The van der Waals surface area contributed by atoms with Crippen LogP contribution in [0.2, 0.25) is 0 Å². The van der Waals surface area contributed by atoms with E-state index in [0.29, 0.717) is 22.0 Å². The van der Waals surface area contributed by atoms with E-state index in [4.69, 9.17) is 9.40 Å². The van der Waals surface area contributed by atoms with E-state index in [1.807, 2.05) is 84.4 Å². The maximum absolute atomic E-state index is 12.7. The molecule has 0 saturated carbocycles. The number of carbonyl (C=O) groups is 1. The molecular weight excluding hydrogens is 573 g/mol. The summed E-state index contributed by atoms with van der Waals surface area (Å²) < 4.78 is 8.52. The Morgan fingerprint density at radius 3 is 2.60 bits per heavy atom. The zero-order valence-electron chi connectivity index (χ0n) is 18.7. The van der Waals surface area contributed by atoms with Gasteiger partial charge in [0.25, 0.3) is 0 Å². The number of imidazole rings is 1. The van der Waals surface area contributed by atoms with Crippen LogP contribution in [0.1, 0.15) is 5.56 Å². The molecule has 0 unspecified atom stereocenters. The Morgan fingerprint density at radius 1 is 1.06 bits per heavy atom. The molecule has 0 saturated heterocycles. The smallest absolute Gasteiger partial charge is 0.345 e. The van der Waals surface area contributed by atoms with Crippen LogP contribution >= 0.6 is 34.4 Å². The number of halogens is 1. The fourth-order valence-corrected chi connectivity index (χ4v) is 4.80. The highest BCUT2D eigenvalue weighted by atomic mass is 127. The second-order valence-electron chi connectivity index (χ2n) is 7.89. The molecule has 0 atom stereocenters. The molecule has 174 valence electrons. The Morgan fingerprint density at radius 2 is 1.80 bits per heavy atom. The van der Waals surface area contributed by atoms with Crippen LogP contribution in [0.4, 0.5) is 5.69 Å². The molecule has 0 bridgehead atoms. The SMILES string of the molecule is Cc1ccccc1NC(=O)CSc1nc(-c2cc3ccccc3oc2=O)cn1-c1ccc(I)cc1. The number of fused-ring (bicyclic) bond motifs is 1. The first-order chi connectivity index (χ1) is 17.0. The molecule has 1 N–H and O–H groups in total. The van der Waals surface area contributed by atoms with E-state index in [1.165, 1.54) is 11.8 Å². The minimum atomic E-state index is -0.454. The van der Waals surface area contributed by atoms with Crippen LogP contribution in [0.25, 0.3) is 27.9 Å². The zero-order valence-corrected chi connectivity index (χ0v) is 21.7. The van der Waals surface area contributed by atoms with Gasteiger partial charge in [-0.15, -0.1) is 0 Å². The molecule has 35 heavy (non-hydrogen) atoms. The number of benzene rings is 3. The lowest BCUT2D eigenvalue weighted by molar-refractivity contribution is -0.113. The monoisotopic (exact) mass is 593 g/mol. The third kappa shape index (κ3) is 5.18. The van der Waals surface area contributed by atoms with Gasteiger partial charge in [0.1, 0.15) is 5.58 Å². The van der Waals surface area contributed by atoms with Gasteiger partial charge in [-0.1, -0.05) is 48.2 Å².